The predicted octanol–water partition coefficient (Wildman–Crippen LogP) is 5.75. The Morgan fingerprint density at radius 3 is 2.42 bits per heavy atom. The SMILES string of the molecule is CNC(CCOc1ccc2ccccc2c1)c1ccccc1Br.Cl. The monoisotopic (exact) mass is 405 g/mol. The van der Waals surface area contributed by atoms with E-state index in [2.05, 4.69) is 75.8 Å². The summed E-state index contributed by atoms with van der Waals surface area (Å²) in [5.74, 6) is 0.922. The summed E-state index contributed by atoms with van der Waals surface area (Å²) in [6.07, 6.45) is 0.909. The van der Waals surface area contributed by atoms with Crippen LogP contribution >= 0.6 is 28.3 Å². The molecule has 0 spiro atoms. The van der Waals surface area contributed by atoms with E-state index in [1.54, 1.807) is 0 Å². The summed E-state index contributed by atoms with van der Waals surface area (Å²) in [6, 6.07) is 23.2. The first-order chi connectivity index (χ1) is 11.3. The maximum atomic E-state index is 5.95. The molecule has 24 heavy (non-hydrogen) atoms. The van der Waals surface area contributed by atoms with E-state index < -0.39 is 0 Å². The average Bonchev–Trinajstić information content (AvgIpc) is 2.59. The Balaban J connectivity index is 0.00000208. The Hall–Kier alpha value is -1.55. The van der Waals surface area contributed by atoms with E-state index in [-0.39, 0.29) is 18.4 Å². The van der Waals surface area contributed by atoms with Crippen LogP contribution in [0.15, 0.2) is 71.2 Å². The fourth-order valence-corrected chi connectivity index (χ4v) is 3.33. The number of ether oxygens (including phenoxy) is 1. The molecule has 0 saturated carbocycles. The number of halogens is 2. The molecule has 0 amide bonds. The third-order valence-corrected chi connectivity index (χ3v) is 4.75. The number of hydrogen-bond acceptors (Lipinski definition) is 2. The van der Waals surface area contributed by atoms with E-state index in [0.717, 1.165) is 16.6 Å². The van der Waals surface area contributed by atoms with Crippen LogP contribution in [0.4, 0.5) is 0 Å². The molecular formula is C20H21BrClNO. The van der Waals surface area contributed by atoms with Gasteiger partial charge in [-0.1, -0.05) is 64.5 Å². The van der Waals surface area contributed by atoms with Gasteiger partial charge in [0.1, 0.15) is 5.75 Å². The molecule has 3 aromatic carbocycles. The van der Waals surface area contributed by atoms with Gasteiger partial charge in [0.2, 0.25) is 0 Å². The lowest BCUT2D eigenvalue weighted by Gasteiger charge is -2.18. The summed E-state index contributed by atoms with van der Waals surface area (Å²) in [5, 5.41) is 5.81. The van der Waals surface area contributed by atoms with Gasteiger partial charge in [-0.05, 0) is 41.6 Å². The predicted molar refractivity (Wildman–Crippen MR) is 107 cm³/mol. The van der Waals surface area contributed by atoms with Crippen molar-refractivity contribution in [1.82, 2.24) is 5.32 Å². The van der Waals surface area contributed by atoms with Crippen LogP contribution in [-0.4, -0.2) is 13.7 Å². The van der Waals surface area contributed by atoms with Crippen LogP contribution in [0.2, 0.25) is 0 Å². The molecule has 0 aromatic heterocycles. The van der Waals surface area contributed by atoms with Crippen molar-refractivity contribution in [3.8, 4) is 5.75 Å². The van der Waals surface area contributed by atoms with Gasteiger partial charge in [-0.2, -0.15) is 0 Å². The molecule has 1 atom stereocenters. The van der Waals surface area contributed by atoms with Crippen LogP contribution in [-0.2, 0) is 0 Å². The molecular weight excluding hydrogens is 386 g/mol. The van der Waals surface area contributed by atoms with Crippen LogP contribution in [0.3, 0.4) is 0 Å². The Kier molecular flexibility index (Phi) is 7.10. The van der Waals surface area contributed by atoms with Gasteiger partial charge in [0.05, 0.1) is 6.61 Å². The van der Waals surface area contributed by atoms with Crippen molar-refractivity contribution in [2.45, 2.75) is 12.5 Å². The highest BCUT2D eigenvalue weighted by Gasteiger charge is 2.12. The van der Waals surface area contributed by atoms with E-state index in [1.807, 2.05) is 19.2 Å². The van der Waals surface area contributed by atoms with E-state index in [1.165, 1.54) is 16.3 Å². The molecule has 0 aliphatic carbocycles. The maximum absolute atomic E-state index is 5.95. The van der Waals surface area contributed by atoms with Crippen molar-refractivity contribution in [2.75, 3.05) is 13.7 Å². The highest BCUT2D eigenvalue weighted by molar-refractivity contribution is 9.10. The number of benzene rings is 3. The molecule has 0 fully saturated rings. The molecule has 0 radical (unpaired) electrons. The molecule has 3 aromatic rings. The Bertz CT molecular complexity index is 793. The van der Waals surface area contributed by atoms with E-state index in [0.29, 0.717) is 6.61 Å². The minimum Gasteiger partial charge on any atom is -0.494 e. The van der Waals surface area contributed by atoms with Gasteiger partial charge in [0, 0.05) is 16.9 Å². The second-order valence-electron chi connectivity index (χ2n) is 5.51. The van der Waals surface area contributed by atoms with Crippen molar-refractivity contribution >= 4 is 39.1 Å². The summed E-state index contributed by atoms with van der Waals surface area (Å²) in [5.41, 5.74) is 1.26. The summed E-state index contributed by atoms with van der Waals surface area (Å²) in [4.78, 5) is 0. The van der Waals surface area contributed by atoms with Crippen LogP contribution in [0.25, 0.3) is 10.8 Å². The Morgan fingerprint density at radius 2 is 1.67 bits per heavy atom. The fourth-order valence-electron chi connectivity index (χ4n) is 2.76. The largest absolute Gasteiger partial charge is 0.494 e. The summed E-state index contributed by atoms with van der Waals surface area (Å²) >= 11 is 3.62. The van der Waals surface area contributed by atoms with Gasteiger partial charge < -0.3 is 10.1 Å². The van der Waals surface area contributed by atoms with Gasteiger partial charge in [0.15, 0.2) is 0 Å². The van der Waals surface area contributed by atoms with Gasteiger partial charge in [-0.25, -0.2) is 0 Å². The van der Waals surface area contributed by atoms with Gasteiger partial charge in [-0.3, -0.25) is 0 Å². The molecule has 1 N–H and O–H groups in total. The van der Waals surface area contributed by atoms with Crippen molar-refractivity contribution < 1.29 is 4.74 Å². The second-order valence-corrected chi connectivity index (χ2v) is 6.36. The Labute approximate surface area is 157 Å². The zero-order valence-electron chi connectivity index (χ0n) is 13.5. The van der Waals surface area contributed by atoms with Crippen molar-refractivity contribution in [1.29, 1.82) is 0 Å². The first-order valence-corrected chi connectivity index (χ1v) is 8.60. The summed E-state index contributed by atoms with van der Waals surface area (Å²) < 4.78 is 7.08. The van der Waals surface area contributed by atoms with Crippen LogP contribution < -0.4 is 10.1 Å². The molecule has 0 bridgehead atoms. The molecule has 0 aliphatic heterocycles. The lowest BCUT2D eigenvalue weighted by molar-refractivity contribution is 0.290. The zero-order chi connectivity index (χ0) is 16.1. The number of hydrogen-bond donors (Lipinski definition) is 1. The normalized spacial score (nSPS) is 11.8. The van der Waals surface area contributed by atoms with Crippen LogP contribution in [0.1, 0.15) is 18.0 Å². The minimum absolute atomic E-state index is 0. The molecule has 4 heteroatoms. The Morgan fingerprint density at radius 1 is 0.958 bits per heavy atom. The summed E-state index contributed by atoms with van der Waals surface area (Å²) in [7, 11) is 1.99. The lowest BCUT2D eigenvalue weighted by Crippen LogP contribution is -2.19. The topological polar surface area (TPSA) is 21.3 Å². The molecule has 0 saturated heterocycles. The summed E-state index contributed by atoms with van der Waals surface area (Å²) in [6.45, 7) is 0.672. The van der Waals surface area contributed by atoms with Gasteiger partial charge in [0.25, 0.3) is 0 Å². The van der Waals surface area contributed by atoms with Crippen molar-refractivity contribution in [2.24, 2.45) is 0 Å². The first-order valence-electron chi connectivity index (χ1n) is 7.81. The van der Waals surface area contributed by atoms with E-state index >= 15 is 0 Å². The van der Waals surface area contributed by atoms with Gasteiger partial charge >= 0.3 is 0 Å². The van der Waals surface area contributed by atoms with Crippen molar-refractivity contribution in [3.63, 3.8) is 0 Å². The number of rotatable bonds is 6. The number of nitrogens with one attached hydrogen (secondary N) is 1. The molecule has 0 aliphatic rings. The molecule has 0 heterocycles. The van der Waals surface area contributed by atoms with Crippen molar-refractivity contribution in [3.05, 3.63) is 76.8 Å². The van der Waals surface area contributed by atoms with Gasteiger partial charge in [-0.15, -0.1) is 12.4 Å². The smallest absolute Gasteiger partial charge is 0.119 e. The third-order valence-electron chi connectivity index (χ3n) is 4.03. The molecule has 3 rings (SSSR count). The molecule has 2 nitrogen and oxygen atoms in total. The standard InChI is InChI=1S/C20H20BrNO.ClH/c1-22-20(18-8-4-5-9-19(18)21)12-13-23-17-11-10-15-6-2-3-7-16(15)14-17;/h2-11,14,20,22H,12-13H2,1H3;1H. The van der Waals surface area contributed by atoms with Crippen LogP contribution in [0, 0.1) is 0 Å². The average molecular weight is 407 g/mol. The zero-order valence-corrected chi connectivity index (χ0v) is 15.9. The van der Waals surface area contributed by atoms with E-state index in [4.69, 9.17) is 4.74 Å². The minimum atomic E-state index is 0. The highest BCUT2D eigenvalue weighted by Crippen LogP contribution is 2.26. The quantitative estimate of drug-likeness (QED) is 0.562. The van der Waals surface area contributed by atoms with Crippen LogP contribution in [0.5, 0.6) is 5.75 Å². The molecule has 126 valence electrons. The second kappa shape index (κ2) is 9.07. The fraction of sp³-hybridized carbons (Fsp3) is 0.200. The highest BCUT2D eigenvalue weighted by atomic mass is 79.9. The third kappa shape index (κ3) is 4.50. The maximum Gasteiger partial charge on any atom is 0.119 e. The first kappa shape index (κ1) is 18.8. The lowest BCUT2D eigenvalue weighted by atomic mass is 10.0. The number of fused-ring (bicyclic) bond motifs is 1. The van der Waals surface area contributed by atoms with E-state index in [9.17, 15) is 0 Å². The molecule has 1 unspecified atom stereocenters.